The highest BCUT2D eigenvalue weighted by Crippen LogP contribution is 2.19. The third-order valence-corrected chi connectivity index (χ3v) is 2.13. The molecule has 0 bridgehead atoms. The lowest BCUT2D eigenvalue weighted by molar-refractivity contribution is 0.177. The van der Waals surface area contributed by atoms with Crippen molar-refractivity contribution in [2.45, 2.75) is 13.0 Å². The van der Waals surface area contributed by atoms with Crippen molar-refractivity contribution in [1.82, 2.24) is 5.32 Å². The van der Waals surface area contributed by atoms with Crippen LogP contribution < -0.4 is 10.1 Å². The van der Waals surface area contributed by atoms with Crippen LogP contribution in [0.15, 0.2) is 36.4 Å². The molecule has 0 aliphatic carbocycles. The molecule has 0 aromatic heterocycles. The van der Waals surface area contributed by atoms with E-state index in [1.54, 1.807) is 0 Å². The number of aliphatic hydroxyl groups is 1. The maximum absolute atomic E-state index is 9.79. The van der Waals surface area contributed by atoms with Gasteiger partial charge in [-0.15, -0.1) is 0 Å². The minimum atomic E-state index is -0.502. The summed E-state index contributed by atoms with van der Waals surface area (Å²) in [5, 5.41) is 12.7. The fraction of sp³-hybridized carbons (Fsp3) is 0.385. The summed E-state index contributed by atoms with van der Waals surface area (Å²) in [5.74, 6) is 0.760. The summed E-state index contributed by atoms with van der Waals surface area (Å²) in [7, 11) is 1.81. The van der Waals surface area contributed by atoms with Crippen LogP contribution >= 0.6 is 0 Å². The van der Waals surface area contributed by atoms with Crippen LogP contribution in [0, 0.1) is 0 Å². The summed E-state index contributed by atoms with van der Waals surface area (Å²) < 4.78 is 5.51. The molecule has 3 heteroatoms. The lowest BCUT2D eigenvalue weighted by Crippen LogP contribution is -2.16. The van der Waals surface area contributed by atoms with Gasteiger partial charge < -0.3 is 15.2 Å². The highest BCUT2D eigenvalue weighted by atomic mass is 16.5. The minimum absolute atomic E-state index is 0.502. The lowest BCUT2D eigenvalue weighted by Gasteiger charge is -2.12. The first kappa shape index (κ1) is 12.7. The summed E-state index contributed by atoms with van der Waals surface area (Å²) >= 11 is 0. The fourth-order valence-electron chi connectivity index (χ4n) is 1.33. The van der Waals surface area contributed by atoms with E-state index in [-0.39, 0.29) is 0 Å². The van der Waals surface area contributed by atoms with Crippen molar-refractivity contribution in [3.8, 4) is 5.75 Å². The van der Waals surface area contributed by atoms with Gasteiger partial charge in [0.25, 0.3) is 0 Å². The number of hydrogen-bond acceptors (Lipinski definition) is 3. The third-order valence-electron chi connectivity index (χ3n) is 2.13. The topological polar surface area (TPSA) is 41.5 Å². The smallest absolute Gasteiger partial charge is 0.120 e. The second kappa shape index (κ2) is 6.30. The first-order valence-electron chi connectivity index (χ1n) is 5.33. The van der Waals surface area contributed by atoms with Crippen LogP contribution in [0.2, 0.25) is 0 Å². The molecule has 0 amide bonds. The third kappa shape index (κ3) is 4.04. The van der Waals surface area contributed by atoms with Gasteiger partial charge in [0.2, 0.25) is 0 Å². The number of aliphatic hydroxyl groups excluding tert-OH is 1. The van der Waals surface area contributed by atoms with Gasteiger partial charge >= 0.3 is 0 Å². The van der Waals surface area contributed by atoms with Crippen LogP contribution in [0.4, 0.5) is 0 Å². The highest BCUT2D eigenvalue weighted by Gasteiger charge is 2.06. The number of likely N-dealkylation sites (N-methyl/N-ethyl adjacent to an activating group) is 1. The molecule has 0 heterocycles. The summed E-state index contributed by atoms with van der Waals surface area (Å²) in [6.45, 7) is 6.73. The van der Waals surface area contributed by atoms with Gasteiger partial charge in [0.05, 0.1) is 6.10 Å². The predicted octanol–water partition coefficient (Wildman–Crippen LogP) is 1.89. The lowest BCUT2D eigenvalue weighted by atomic mass is 10.1. The van der Waals surface area contributed by atoms with E-state index in [9.17, 15) is 5.11 Å². The van der Waals surface area contributed by atoms with E-state index in [2.05, 4.69) is 11.9 Å². The van der Waals surface area contributed by atoms with Gasteiger partial charge in [-0.25, -0.2) is 0 Å². The second-order valence-corrected chi connectivity index (χ2v) is 3.89. The van der Waals surface area contributed by atoms with Crippen molar-refractivity contribution in [3.63, 3.8) is 0 Å². The molecule has 0 saturated carbocycles. The van der Waals surface area contributed by atoms with E-state index in [1.165, 1.54) is 0 Å². The van der Waals surface area contributed by atoms with Gasteiger partial charge in [-0.3, -0.25) is 0 Å². The van der Waals surface area contributed by atoms with E-state index in [4.69, 9.17) is 4.74 Å². The Hall–Kier alpha value is -1.32. The van der Waals surface area contributed by atoms with Crippen LogP contribution in [-0.2, 0) is 0 Å². The molecule has 88 valence electrons. The molecule has 0 aliphatic heterocycles. The van der Waals surface area contributed by atoms with Crippen molar-refractivity contribution < 1.29 is 9.84 Å². The highest BCUT2D eigenvalue weighted by molar-refractivity contribution is 5.30. The van der Waals surface area contributed by atoms with Crippen molar-refractivity contribution in [2.75, 3.05) is 20.2 Å². The Labute approximate surface area is 96.8 Å². The molecule has 0 aliphatic rings. The normalized spacial score (nSPS) is 12.2. The van der Waals surface area contributed by atoms with Crippen LogP contribution in [0.25, 0.3) is 0 Å². The molecule has 16 heavy (non-hydrogen) atoms. The zero-order valence-corrected chi connectivity index (χ0v) is 9.86. The summed E-state index contributed by atoms with van der Waals surface area (Å²) in [5.41, 5.74) is 1.83. The summed E-state index contributed by atoms with van der Waals surface area (Å²) in [6, 6.07) is 7.49. The molecule has 0 saturated heterocycles. The molecule has 0 fully saturated rings. The molecule has 2 N–H and O–H groups in total. The largest absolute Gasteiger partial charge is 0.489 e. The van der Waals surface area contributed by atoms with Crippen LogP contribution in [0.3, 0.4) is 0 Å². The average molecular weight is 221 g/mol. The van der Waals surface area contributed by atoms with Crippen molar-refractivity contribution >= 4 is 0 Å². The number of benzene rings is 1. The SMILES string of the molecule is C=C(C)COc1cccc(C(O)CNC)c1. The standard InChI is InChI=1S/C13H19NO2/c1-10(2)9-16-12-6-4-5-11(7-12)13(15)8-14-3/h4-7,13-15H,1,8-9H2,2-3H3. The van der Waals surface area contributed by atoms with Crippen LogP contribution in [0.1, 0.15) is 18.6 Å². The van der Waals surface area contributed by atoms with E-state index < -0.39 is 6.10 Å². The molecule has 0 spiro atoms. The molecule has 1 aromatic carbocycles. The van der Waals surface area contributed by atoms with Crippen LogP contribution in [-0.4, -0.2) is 25.3 Å². The van der Waals surface area contributed by atoms with Crippen molar-refractivity contribution in [1.29, 1.82) is 0 Å². The quantitative estimate of drug-likeness (QED) is 0.721. The van der Waals surface area contributed by atoms with Gasteiger partial charge in [0.15, 0.2) is 0 Å². The van der Waals surface area contributed by atoms with Crippen molar-refractivity contribution in [2.24, 2.45) is 0 Å². The Kier molecular flexibility index (Phi) is 5.02. The van der Waals surface area contributed by atoms with Gasteiger partial charge in [-0.05, 0) is 37.2 Å². The van der Waals surface area contributed by atoms with Gasteiger partial charge in [-0.2, -0.15) is 0 Å². The molecule has 1 aromatic rings. The molecule has 1 rings (SSSR count). The Morgan fingerprint density at radius 3 is 2.94 bits per heavy atom. The van der Waals surface area contributed by atoms with Gasteiger partial charge in [0, 0.05) is 6.54 Å². The van der Waals surface area contributed by atoms with Crippen LogP contribution in [0.5, 0.6) is 5.75 Å². The maximum atomic E-state index is 9.79. The summed E-state index contributed by atoms with van der Waals surface area (Å²) in [6.07, 6.45) is -0.502. The second-order valence-electron chi connectivity index (χ2n) is 3.89. The Balaban J connectivity index is 2.66. The van der Waals surface area contributed by atoms with E-state index in [1.807, 2.05) is 38.2 Å². The zero-order valence-electron chi connectivity index (χ0n) is 9.86. The summed E-state index contributed by atoms with van der Waals surface area (Å²) in [4.78, 5) is 0. The van der Waals surface area contributed by atoms with Gasteiger partial charge in [-0.1, -0.05) is 18.7 Å². The molecule has 1 unspecified atom stereocenters. The molecule has 0 radical (unpaired) electrons. The Morgan fingerprint density at radius 1 is 1.56 bits per heavy atom. The maximum Gasteiger partial charge on any atom is 0.120 e. The van der Waals surface area contributed by atoms with E-state index in [0.29, 0.717) is 13.2 Å². The molecular weight excluding hydrogens is 202 g/mol. The number of nitrogens with one attached hydrogen (secondary N) is 1. The molecule has 3 nitrogen and oxygen atoms in total. The minimum Gasteiger partial charge on any atom is -0.489 e. The molecular formula is C13H19NO2. The van der Waals surface area contributed by atoms with Crippen molar-refractivity contribution in [3.05, 3.63) is 42.0 Å². The average Bonchev–Trinajstić information content (AvgIpc) is 2.27. The number of ether oxygens (including phenoxy) is 1. The Bertz CT molecular complexity index is 350. The zero-order chi connectivity index (χ0) is 12.0. The van der Waals surface area contributed by atoms with Gasteiger partial charge in [0.1, 0.15) is 12.4 Å². The molecule has 1 atom stereocenters. The monoisotopic (exact) mass is 221 g/mol. The van der Waals surface area contributed by atoms with E-state index in [0.717, 1.165) is 16.9 Å². The first-order chi connectivity index (χ1) is 7.63. The predicted molar refractivity (Wildman–Crippen MR) is 65.6 cm³/mol. The number of hydrogen-bond donors (Lipinski definition) is 2. The fourth-order valence-corrected chi connectivity index (χ4v) is 1.33. The number of rotatable bonds is 6. The first-order valence-corrected chi connectivity index (χ1v) is 5.33. The Morgan fingerprint density at radius 2 is 2.31 bits per heavy atom. The van der Waals surface area contributed by atoms with E-state index >= 15 is 0 Å².